The third-order valence-corrected chi connectivity index (χ3v) is 9.15. The van der Waals surface area contributed by atoms with Gasteiger partial charge in [0.2, 0.25) is 10.0 Å². The summed E-state index contributed by atoms with van der Waals surface area (Å²) < 4.78 is 42.7. The Bertz CT molecular complexity index is 1520. The van der Waals surface area contributed by atoms with Crippen LogP contribution in [0.5, 0.6) is 0 Å². The number of aromatic amines is 1. The van der Waals surface area contributed by atoms with Crippen LogP contribution in [0.25, 0.3) is 22.6 Å². The second-order valence-electron chi connectivity index (χ2n) is 8.15. The fourth-order valence-electron chi connectivity index (χ4n) is 3.98. The molecule has 4 aromatic rings. The first-order valence-electron chi connectivity index (χ1n) is 10.9. The molecule has 1 aliphatic heterocycles. The Morgan fingerprint density at radius 2 is 1.67 bits per heavy atom. The summed E-state index contributed by atoms with van der Waals surface area (Å²) in [6, 6.07) is 13.1. The van der Waals surface area contributed by atoms with Crippen molar-refractivity contribution in [2.75, 3.05) is 31.1 Å². The highest BCUT2D eigenvalue weighted by atomic mass is 79.9. The summed E-state index contributed by atoms with van der Waals surface area (Å²) in [7, 11) is -3.85. The van der Waals surface area contributed by atoms with Crippen molar-refractivity contribution in [1.82, 2.24) is 19.3 Å². The summed E-state index contributed by atoms with van der Waals surface area (Å²) in [5.74, 6) is 0.797. The molecule has 5 rings (SSSR count). The van der Waals surface area contributed by atoms with E-state index < -0.39 is 15.8 Å². The van der Waals surface area contributed by atoms with E-state index in [0.29, 0.717) is 45.2 Å². The zero-order valence-electron chi connectivity index (χ0n) is 18.6. The monoisotopic (exact) mass is 609 g/mol. The molecule has 1 saturated heterocycles. The van der Waals surface area contributed by atoms with Crippen LogP contribution in [0.3, 0.4) is 0 Å². The molecule has 3 heterocycles. The molecule has 0 amide bonds. The summed E-state index contributed by atoms with van der Waals surface area (Å²) in [6.07, 6.45) is 3.14. The van der Waals surface area contributed by atoms with Crippen molar-refractivity contribution in [3.8, 4) is 22.6 Å². The van der Waals surface area contributed by atoms with Crippen LogP contribution in [-0.2, 0) is 10.0 Å². The van der Waals surface area contributed by atoms with Crippen LogP contribution < -0.4 is 4.90 Å². The Labute approximate surface area is 226 Å². The lowest BCUT2D eigenvalue weighted by atomic mass is 10.2. The number of nitrogens with one attached hydrogen (secondary N) is 1. The predicted octanol–water partition coefficient (Wildman–Crippen LogP) is 5.86. The van der Waals surface area contributed by atoms with Gasteiger partial charge in [-0.15, -0.1) is 0 Å². The summed E-state index contributed by atoms with van der Waals surface area (Å²) in [5, 5.41) is 0.671. The lowest BCUT2D eigenvalue weighted by molar-refractivity contribution is 0.384. The molecule has 7 nitrogen and oxygen atoms in total. The molecule has 1 N–H and O–H groups in total. The lowest BCUT2D eigenvalue weighted by Crippen LogP contribution is -2.49. The Hall–Kier alpha value is -2.50. The number of benzene rings is 2. The fraction of sp³-hybridized carbons (Fsp3) is 0.167. The highest BCUT2D eigenvalue weighted by Crippen LogP contribution is 2.31. The number of imidazole rings is 1. The summed E-state index contributed by atoms with van der Waals surface area (Å²) in [4.78, 5) is 13.8. The first-order chi connectivity index (χ1) is 17.2. The van der Waals surface area contributed by atoms with Crippen molar-refractivity contribution >= 4 is 55.0 Å². The molecule has 0 atom stereocenters. The number of sulfonamides is 1. The summed E-state index contributed by atoms with van der Waals surface area (Å²) in [6.45, 7) is 1.54. The van der Waals surface area contributed by atoms with E-state index in [-0.39, 0.29) is 23.0 Å². The number of rotatable bonds is 5. The van der Waals surface area contributed by atoms with Gasteiger partial charge in [-0.25, -0.2) is 22.8 Å². The number of hydrogen-bond acceptors (Lipinski definition) is 5. The maximum atomic E-state index is 14.0. The summed E-state index contributed by atoms with van der Waals surface area (Å²) in [5.41, 5.74) is 1.76. The van der Waals surface area contributed by atoms with Crippen LogP contribution in [0.2, 0.25) is 10.0 Å². The minimum Gasteiger partial charge on any atom is -0.354 e. The van der Waals surface area contributed by atoms with Crippen LogP contribution in [-0.4, -0.2) is 53.9 Å². The van der Waals surface area contributed by atoms with Crippen molar-refractivity contribution in [2.45, 2.75) is 4.90 Å². The number of nitrogens with zero attached hydrogens (tertiary/aromatic N) is 4. The number of piperazine rings is 1. The van der Waals surface area contributed by atoms with Crippen LogP contribution in [0.15, 0.2) is 70.3 Å². The van der Waals surface area contributed by atoms with Gasteiger partial charge in [-0.05, 0) is 58.4 Å². The molecule has 2 aromatic carbocycles. The number of H-pyrrole nitrogens is 1. The molecule has 2 aromatic heterocycles. The third kappa shape index (κ3) is 5.01. The first-order valence-corrected chi connectivity index (χ1v) is 13.9. The van der Waals surface area contributed by atoms with Gasteiger partial charge in [-0.3, -0.25) is 0 Å². The standard InChI is InChI=1S/C24H19BrCl2FN5O2S/c25-18-4-1-15(11-20(18)28)21-14-30-24(31-21)16-2-5-19(27)22(12-16)36(34,35)33-9-7-32(8-10-33)23-6-3-17(26)13-29-23/h1-6,11-14H,7-10H2,(H,30,31). The van der Waals surface area contributed by atoms with Gasteiger partial charge >= 0.3 is 0 Å². The van der Waals surface area contributed by atoms with E-state index >= 15 is 0 Å². The number of hydrogen-bond donors (Lipinski definition) is 1. The van der Waals surface area contributed by atoms with Crippen LogP contribution in [0.1, 0.15) is 0 Å². The minimum atomic E-state index is -3.85. The van der Waals surface area contributed by atoms with Crippen molar-refractivity contribution < 1.29 is 12.8 Å². The van der Waals surface area contributed by atoms with Crippen molar-refractivity contribution in [3.05, 3.63) is 81.3 Å². The molecule has 1 fully saturated rings. The number of aromatic nitrogens is 3. The molecule has 0 spiro atoms. The molecule has 0 radical (unpaired) electrons. The van der Waals surface area contributed by atoms with Crippen molar-refractivity contribution in [3.63, 3.8) is 0 Å². The molecule has 0 aliphatic carbocycles. The van der Waals surface area contributed by atoms with Gasteiger partial charge in [0.1, 0.15) is 22.4 Å². The molecule has 0 saturated carbocycles. The topological polar surface area (TPSA) is 82.2 Å². The van der Waals surface area contributed by atoms with Gasteiger partial charge in [0, 0.05) is 43.5 Å². The third-order valence-electron chi connectivity index (χ3n) is 5.90. The fourth-order valence-corrected chi connectivity index (χ4v) is 6.26. The van der Waals surface area contributed by atoms with Gasteiger partial charge in [0.05, 0.1) is 26.4 Å². The largest absolute Gasteiger partial charge is 0.354 e. The van der Waals surface area contributed by atoms with Crippen molar-refractivity contribution in [2.24, 2.45) is 0 Å². The average molecular weight is 611 g/mol. The van der Waals surface area contributed by atoms with Gasteiger partial charge in [-0.1, -0.05) is 29.3 Å². The van der Waals surface area contributed by atoms with Crippen molar-refractivity contribution in [1.29, 1.82) is 0 Å². The SMILES string of the molecule is O=S(=O)(c1cc(-c2ncc(-c3ccc(Br)c(F)c3)[nH]2)ccc1Cl)N1CCN(c2ccc(Cl)cn2)CC1. The Morgan fingerprint density at radius 3 is 2.36 bits per heavy atom. The number of pyridine rings is 1. The molecule has 36 heavy (non-hydrogen) atoms. The van der Waals surface area contributed by atoms with Gasteiger partial charge < -0.3 is 9.88 Å². The average Bonchev–Trinajstić information content (AvgIpc) is 3.37. The smallest absolute Gasteiger partial charge is 0.244 e. The zero-order chi connectivity index (χ0) is 25.4. The Morgan fingerprint density at radius 1 is 0.917 bits per heavy atom. The Kier molecular flexibility index (Phi) is 7.06. The van der Waals surface area contributed by atoms with E-state index in [2.05, 4.69) is 30.9 Å². The van der Waals surface area contributed by atoms with E-state index in [1.807, 2.05) is 11.0 Å². The normalized spacial score (nSPS) is 14.8. The quantitative estimate of drug-likeness (QED) is 0.306. The second kappa shape index (κ2) is 10.1. The molecular formula is C24H19BrCl2FN5O2S. The molecule has 1 aliphatic rings. The molecule has 12 heteroatoms. The number of anilines is 1. The Balaban J connectivity index is 1.37. The number of halogens is 4. The predicted molar refractivity (Wildman–Crippen MR) is 142 cm³/mol. The van der Waals surface area contributed by atoms with E-state index in [9.17, 15) is 12.8 Å². The molecule has 0 bridgehead atoms. The van der Waals surface area contributed by atoms with E-state index in [1.165, 1.54) is 16.4 Å². The lowest BCUT2D eigenvalue weighted by Gasteiger charge is -2.34. The van der Waals surface area contributed by atoms with Crippen LogP contribution in [0.4, 0.5) is 10.2 Å². The van der Waals surface area contributed by atoms with Gasteiger partial charge in [0.25, 0.3) is 0 Å². The van der Waals surface area contributed by atoms with E-state index in [4.69, 9.17) is 23.2 Å². The van der Waals surface area contributed by atoms with Crippen LogP contribution >= 0.6 is 39.1 Å². The first kappa shape index (κ1) is 25.2. The maximum absolute atomic E-state index is 14.0. The molecule has 186 valence electrons. The zero-order valence-corrected chi connectivity index (χ0v) is 22.5. The summed E-state index contributed by atoms with van der Waals surface area (Å²) >= 11 is 15.4. The van der Waals surface area contributed by atoms with E-state index in [0.717, 1.165) is 5.82 Å². The second-order valence-corrected chi connectivity index (χ2v) is 11.7. The molecular weight excluding hydrogens is 592 g/mol. The van der Waals surface area contributed by atoms with Gasteiger partial charge in [0.15, 0.2) is 0 Å². The van der Waals surface area contributed by atoms with Crippen LogP contribution in [0, 0.1) is 5.82 Å². The van der Waals surface area contributed by atoms with E-state index in [1.54, 1.807) is 42.7 Å². The maximum Gasteiger partial charge on any atom is 0.244 e. The molecule has 0 unspecified atom stereocenters. The van der Waals surface area contributed by atoms with Gasteiger partial charge in [-0.2, -0.15) is 4.31 Å². The highest BCUT2D eigenvalue weighted by Gasteiger charge is 2.31. The minimum absolute atomic E-state index is 0.00682. The highest BCUT2D eigenvalue weighted by molar-refractivity contribution is 9.10.